The third kappa shape index (κ3) is 4.25. The highest BCUT2D eigenvalue weighted by molar-refractivity contribution is 5.93. The smallest absolute Gasteiger partial charge is 0.161 e. The van der Waals surface area contributed by atoms with Crippen LogP contribution >= 0.6 is 0 Å². The van der Waals surface area contributed by atoms with E-state index in [1.54, 1.807) is 13.1 Å². The first-order valence-electron chi connectivity index (χ1n) is 8.81. The number of ketones is 1. The first-order chi connectivity index (χ1) is 11.8. The number of piperazine rings is 1. The fourth-order valence-electron chi connectivity index (χ4n) is 2.98. The Bertz CT molecular complexity index is 721. The lowest BCUT2D eigenvalue weighted by atomic mass is 10.1. The fourth-order valence-corrected chi connectivity index (χ4v) is 2.98. The van der Waals surface area contributed by atoms with E-state index in [-0.39, 0.29) is 11.3 Å². The fraction of sp³-hybridized carbons (Fsp3) is 0.526. The molecule has 25 heavy (non-hydrogen) atoms. The van der Waals surface area contributed by atoms with Crippen LogP contribution in [0.4, 0.5) is 5.82 Å². The zero-order chi connectivity index (χ0) is 18.0. The number of carbonyl (C=O) groups excluding carboxylic acids is 1. The summed E-state index contributed by atoms with van der Waals surface area (Å²) >= 11 is 0. The van der Waals surface area contributed by atoms with Crippen LogP contribution in [0.2, 0.25) is 0 Å². The van der Waals surface area contributed by atoms with Crippen molar-refractivity contribution in [2.45, 2.75) is 39.8 Å². The minimum atomic E-state index is 0.0225. The van der Waals surface area contributed by atoms with Gasteiger partial charge in [0.15, 0.2) is 5.78 Å². The number of hydrogen-bond donors (Lipinski definition) is 0. The van der Waals surface area contributed by atoms with Gasteiger partial charge in [0.05, 0.1) is 11.7 Å². The van der Waals surface area contributed by atoms with Gasteiger partial charge in [0.25, 0.3) is 0 Å². The Morgan fingerprint density at radius 2 is 1.84 bits per heavy atom. The van der Waals surface area contributed by atoms with Gasteiger partial charge >= 0.3 is 0 Å². The topological polar surface area (TPSA) is 54.3 Å². The molecular formula is C19H27N5O. The summed E-state index contributed by atoms with van der Waals surface area (Å²) in [5.74, 6) is 1.00. The largest absolute Gasteiger partial charge is 0.354 e. The van der Waals surface area contributed by atoms with E-state index in [0.29, 0.717) is 5.56 Å². The number of carbonyl (C=O) groups is 1. The number of nitrogens with zero attached hydrogens (tertiary/aromatic N) is 5. The Labute approximate surface area is 149 Å². The number of Topliss-reactive ketones (excluding diaryl/α,β-unsaturated/α-hetero) is 1. The van der Waals surface area contributed by atoms with Crippen molar-refractivity contribution in [3.63, 3.8) is 0 Å². The lowest BCUT2D eigenvalue weighted by molar-refractivity contribution is 0.101. The van der Waals surface area contributed by atoms with E-state index in [0.717, 1.165) is 38.5 Å². The Kier molecular flexibility index (Phi) is 4.90. The van der Waals surface area contributed by atoms with Gasteiger partial charge in [-0.15, -0.1) is 0 Å². The second-order valence-electron chi connectivity index (χ2n) is 7.69. The Balaban J connectivity index is 1.55. The summed E-state index contributed by atoms with van der Waals surface area (Å²) in [5, 5.41) is 4.48. The molecule has 0 atom stereocenters. The van der Waals surface area contributed by atoms with Gasteiger partial charge in [-0.3, -0.25) is 14.4 Å². The SMILES string of the molecule is CC(=O)c1ccc(N2CCN(Cc3cnn(C(C)(C)C)c3)CC2)nc1. The molecule has 1 aliphatic heterocycles. The van der Waals surface area contributed by atoms with Gasteiger partial charge in [0, 0.05) is 56.2 Å². The molecule has 1 aliphatic rings. The molecule has 3 rings (SSSR count). The predicted molar refractivity (Wildman–Crippen MR) is 99.0 cm³/mol. The number of rotatable bonds is 4. The summed E-state index contributed by atoms with van der Waals surface area (Å²) < 4.78 is 2.03. The van der Waals surface area contributed by atoms with E-state index in [9.17, 15) is 4.79 Å². The van der Waals surface area contributed by atoms with Crippen LogP contribution in [0, 0.1) is 0 Å². The molecule has 0 saturated carbocycles. The van der Waals surface area contributed by atoms with Gasteiger partial charge in [-0.25, -0.2) is 4.98 Å². The van der Waals surface area contributed by atoms with E-state index in [2.05, 4.69) is 46.9 Å². The second kappa shape index (κ2) is 6.96. The zero-order valence-electron chi connectivity index (χ0n) is 15.6. The van der Waals surface area contributed by atoms with Crippen LogP contribution in [0.5, 0.6) is 0 Å². The van der Waals surface area contributed by atoms with Crippen LogP contribution in [0.25, 0.3) is 0 Å². The van der Waals surface area contributed by atoms with Crippen LogP contribution in [0.3, 0.4) is 0 Å². The van der Waals surface area contributed by atoms with E-state index >= 15 is 0 Å². The highest BCUT2D eigenvalue weighted by atomic mass is 16.1. The maximum atomic E-state index is 11.3. The van der Waals surface area contributed by atoms with Gasteiger partial charge in [-0.1, -0.05) is 0 Å². The summed E-state index contributed by atoms with van der Waals surface area (Å²) in [4.78, 5) is 20.5. The minimum absolute atomic E-state index is 0.0225. The molecule has 0 aromatic carbocycles. The molecule has 6 heteroatoms. The van der Waals surface area contributed by atoms with Crippen molar-refractivity contribution in [2.75, 3.05) is 31.1 Å². The molecule has 0 amide bonds. The summed E-state index contributed by atoms with van der Waals surface area (Å²) in [6.45, 7) is 12.9. The lowest BCUT2D eigenvalue weighted by Crippen LogP contribution is -2.46. The number of pyridine rings is 1. The van der Waals surface area contributed by atoms with Crippen LogP contribution in [-0.2, 0) is 12.1 Å². The monoisotopic (exact) mass is 341 g/mol. The standard InChI is InChI=1S/C19H27N5O/c1-15(25)17-5-6-18(20-12-17)23-9-7-22(8-10-23)13-16-11-21-24(14-16)19(2,3)4/h5-6,11-12,14H,7-10,13H2,1-4H3. The normalized spacial score (nSPS) is 16.2. The molecule has 0 bridgehead atoms. The Hall–Kier alpha value is -2.21. The highest BCUT2D eigenvalue weighted by Gasteiger charge is 2.20. The molecule has 2 aromatic heterocycles. The quantitative estimate of drug-likeness (QED) is 0.800. The van der Waals surface area contributed by atoms with Crippen LogP contribution in [0.1, 0.15) is 43.6 Å². The molecule has 2 aromatic rings. The maximum Gasteiger partial charge on any atom is 0.161 e. The lowest BCUT2D eigenvalue weighted by Gasteiger charge is -2.35. The van der Waals surface area contributed by atoms with Crippen molar-refractivity contribution in [2.24, 2.45) is 0 Å². The number of hydrogen-bond acceptors (Lipinski definition) is 5. The molecule has 1 fully saturated rings. The first kappa shape index (κ1) is 17.6. The van der Waals surface area contributed by atoms with Crippen molar-refractivity contribution in [3.8, 4) is 0 Å². The molecule has 0 unspecified atom stereocenters. The Morgan fingerprint density at radius 3 is 2.36 bits per heavy atom. The van der Waals surface area contributed by atoms with Gasteiger partial charge in [-0.05, 0) is 39.8 Å². The van der Waals surface area contributed by atoms with Crippen molar-refractivity contribution in [3.05, 3.63) is 41.9 Å². The van der Waals surface area contributed by atoms with Crippen LogP contribution in [0.15, 0.2) is 30.7 Å². The molecule has 134 valence electrons. The van der Waals surface area contributed by atoms with E-state index in [1.807, 2.05) is 23.0 Å². The summed E-state index contributed by atoms with van der Waals surface area (Å²) in [7, 11) is 0. The maximum absolute atomic E-state index is 11.3. The minimum Gasteiger partial charge on any atom is -0.354 e. The molecule has 1 saturated heterocycles. The van der Waals surface area contributed by atoms with E-state index in [4.69, 9.17) is 0 Å². The molecule has 0 radical (unpaired) electrons. The molecular weight excluding hydrogens is 314 g/mol. The van der Waals surface area contributed by atoms with Gasteiger partial charge in [0.2, 0.25) is 0 Å². The summed E-state index contributed by atoms with van der Waals surface area (Å²) in [6, 6.07) is 3.80. The third-order valence-electron chi connectivity index (χ3n) is 4.58. The van der Waals surface area contributed by atoms with Crippen molar-refractivity contribution >= 4 is 11.6 Å². The molecule has 6 nitrogen and oxygen atoms in total. The van der Waals surface area contributed by atoms with Gasteiger partial charge < -0.3 is 4.90 Å². The molecule has 0 aliphatic carbocycles. The van der Waals surface area contributed by atoms with Crippen molar-refractivity contribution < 1.29 is 4.79 Å². The predicted octanol–water partition coefficient (Wildman–Crippen LogP) is 2.56. The molecule has 0 N–H and O–H groups in total. The zero-order valence-corrected chi connectivity index (χ0v) is 15.6. The second-order valence-corrected chi connectivity index (χ2v) is 7.69. The highest BCUT2D eigenvalue weighted by Crippen LogP contribution is 2.17. The number of aromatic nitrogens is 3. The first-order valence-corrected chi connectivity index (χ1v) is 8.81. The van der Waals surface area contributed by atoms with Crippen LogP contribution in [-0.4, -0.2) is 51.6 Å². The summed E-state index contributed by atoms with van der Waals surface area (Å²) in [6.07, 6.45) is 5.79. The van der Waals surface area contributed by atoms with E-state index < -0.39 is 0 Å². The van der Waals surface area contributed by atoms with Crippen LogP contribution < -0.4 is 4.90 Å². The number of anilines is 1. The molecule has 0 spiro atoms. The molecule has 3 heterocycles. The van der Waals surface area contributed by atoms with Gasteiger partial charge in [0.1, 0.15) is 5.82 Å². The van der Waals surface area contributed by atoms with Gasteiger partial charge in [-0.2, -0.15) is 5.10 Å². The Morgan fingerprint density at radius 1 is 1.12 bits per heavy atom. The van der Waals surface area contributed by atoms with E-state index in [1.165, 1.54) is 5.56 Å². The average molecular weight is 341 g/mol. The third-order valence-corrected chi connectivity index (χ3v) is 4.58. The van der Waals surface area contributed by atoms with Crippen molar-refractivity contribution in [1.82, 2.24) is 19.7 Å². The summed E-state index contributed by atoms with van der Waals surface area (Å²) in [5.41, 5.74) is 1.94. The average Bonchev–Trinajstić information content (AvgIpc) is 3.04. The van der Waals surface area contributed by atoms with Crippen molar-refractivity contribution in [1.29, 1.82) is 0 Å².